The Labute approximate surface area is 187 Å². The highest BCUT2D eigenvalue weighted by atomic mass is 19.1. The van der Waals surface area contributed by atoms with Gasteiger partial charge in [-0.3, -0.25) is 14.4 Å². The van der Waals surface area contributed by atoms with E-state index in [1.807, 2.05) is 4.57 Å². The number of ketones is 1. The highest BCUT2D eigenvalue weighted by Crippen LogP contribution is 2.54. The number of Topliss-reactive ketones (excluding diaryl/α,β-unsaturated/α-hetero) is 1. The summed E-state index contributed by atoms with van der Waals surface area (Å²) in [6, 6.07) is 5.67. The van der Waals surface area contributed by atoms with Crippen LogP contribution in [0.15, 0.2) is 30.5 Å². The van der Waals surface area contributed by atoms with Crippen LogP contribution < -0.4 is 10.6 Å². The number of nitrogens with zero attached hydrogens (tertiary/aromatic N) is 3. The standard InChI is InChI=1S/C23H21FN6O3/c1-11-18(20(31)22(33)27-23(6-7-23)17-10-25-29-28-17)16-9-12-8-15(12)30(16)19(11)21(32)26-14-4-2-13(24)3-5-14/h2-5,10,12,15H,6-9H2,1H3,(H,26,32)(H,27,33)(H,25,28,29)/t12-,15?/m1/s1. The molecule has 0 spiro atoms. The molecular formula is C23H21FN6O3. The summed E-state index contributed by atoms with van der Waals surface area (Å²) < 4.78 is 15.1. The van der Waals surface area contributed by atoms with Gasteiger partial charge in [0.15, 0.2) is 0 Å². The molecule has 3 aromatic rings. The molecule has 168 valence electrons. The molecule has 2 saturated carbocycles. The predicted molar refractivity (Wildman–Crippen MR) is 114 cm³/mol. The van der Waals surface area contributed by atoms with Crippen molar-refractivity contribution < 1.29 is 18.8 Å². The van der Waals surface area contributed by atoms with Gasteiger partial charge >= 0.3 is 0 Å². The number of carbonyl (C=O) groups is 3. The summed E-state index contributed by atoms with van der Waals surface area (Å²) in [5.74, 6) is -1.75. The Morgan fingerprint density at radius 3 is 2.64 bits per heavy atom. The van der Waals surface area contributed by atoms with Crippen LogP contribution in [-0.2, 0) is 16.8 Å². The van der Waals surface area contributed by atoms with E-state index in [9.17, 15) is 18.8 Å². The predicted octanol–water partition coefficient (Wildman–Crippen LogP) is 2.41. The molecule has 33 heavy (non-hydrogen) atoms. The molecule has 0 radical (unpaired) electrons. The summed E-state index contributed by atoms with van der Waals surface area (Å²) in [7, 11) is 0. The first kappa shape index (κ1) is 19.8. The SMILES string of the molecule is Cc1c(C(=O)C(=O)NC2(c3cn[nH]n3)CC2)c2n(c1C(=O)Nc1ccc(F)cc1)C1C[C@@H]1C2. The van der Waals surface area contributed by atoms with E-state index in [1.54, 1.807) is 13.1 Å². The Bertz CT molecular complexity index is 1310. The van der Waals surface area contributed by atoms with Crippen molar-refractivity contribution in [1.82, 2.24) is 25.3 Å². The van der Waals surface area contributed by atoms with Crippen molar-refractivity contribution in [2.75, 3.05) is 5.32 Å². The molecule has 10 heteroatoms. The molecule has 3 aliphatic rings. The third-order valence-electron chi connectivity index (χ3n) is 6.98. The lowest BCUT2D eigenvalue weighted by atomic mass is 10.0. The van der Waals surface area contributed by atoms with Crippen LogP contribution in [0.3, 0.4) is 0 Å². The highest BCUT2D eigenvalue weighted by molar-refractivity contribution is 6.44. The first-order chi connectivity index (χ1) is 15.9. The Morgan fingerprint density at radius 1 is 1.21 bits per heavy atom. The minimum absolute atomic E-state index is 0.169. The van der Waals surface area contributed by atoms with E-state index in [0.29, 0.717) is 53.4 Å². The van der Waals surface area contributed by atoms with E-state index in [0.717, 1.165) is 12.1 Å². The maximum atomic E-state index is 13.3. The number of amides is 2. The first-order valence-electron chi connectivity index (χ1n) is 10.9. The number of hydrogen-bond donors (Lipinski definition) is 3. The van der Waals surface area contributed by atoms with Gasteiger partial charge in [0.2, 0.25) is 0 Å². The summed E-state index contributed by atoms with van der Waals surface area (Å²) in [5, 5.41) is 16.0. The average Bonchev–Trinajstić information content (AvgIpc) is 3.58. The van der Waals surface area contributed by atoms with Crippen molar-refractivity contribution in [2.24, 2.45) is 5.92 Å². The number of halogens is 1. The number of hydrogen-bond acceptors (Lipinski definition) is 5. The largest absolute Gasteiger partial charge is 0.338 e. The van der Waals surface area contributed by atoms with Crippen LogP contribution >= 0.6 is 0 Å². The van der Waals surface area contributed by atoms with E-state index in [4.69, 9.17) is 0 Å². The smallest absolute Gasteiger partial charge is 0.293 e. The Hall–Kier alpha value is -3.82. The number of nitrogens with one attached hydrogen (secondary N) is 3. The average molecular weight is 448 g/mol. The van der Waals surface area contributed by atoms with Gasteiger partial charge in [-0.05, 0) is 68.4 Å². The number of aromatic amines is 1. The topological polar surface area (TPSA) is 122 Å². The first-order valence-corrected chi connectivity index (χ1v) is 10.9. The molecule has 2 amide bonds. The fraction of sp³-hybridized carbons (Fsp3) is 0.348. The minimum Gasteiger partial charge on any atom is -0.338 e. The zero-order chi connectivity index (χ0) is 22.9. The van der Waals surface area contributed by atoms with Crippen LogP contribution in [0.4, 0.5) is 10.1 Å². The lowest BCUT2D eigenvalue weighted by Gasteiger charge is -2.14. The van der Waals surface area contributed by atoms with Crippen LogP contribution in [0.25, 0.3) is 0 Å². The Balaban J connectivity index is 1.31. The fourth-order valence-electron chi connectivity index (χ4n) is 5.05. The molecule has 3 heterocycles. The lowest BCUT2D eigenvalue weighted by molar-refractivity contribution is -0.118. The molecule has 6 rings (SSSR count). The zero-order valence-corrected chi connectivity index (χ0v) is 17.8. The van der Waals surface area contributed by atoms with Crippen molar-refractivity contribution in [3.8, 4) is 0 Å². The molecule has 1 aliphatic heterocycles. The number of benzene rings is 1. The maximum absolute atomic E-state index is 13.3. The number of aromatic nitrogens is 4. The summed E-state index contributed by atoms with van der Waals surface area (Å²) in [5.41, 5.74) is 2.30. The van der Waals surface area contributed by atoms with E-state index < -0.39 is 23.0 Å². The van der Waals surface area contributed by atoms with E-state index in [-0.39, 0.29) is 11.9 Å². The quantitative estimate of drug-likeness (QED) is 0.395. The highest BCUT2D eigenvalue weighted by Gasteiger charge is 2.52. The number of H-pyrrole nitrogens is 1. The van der Waals surface area contributed by atoms with Crippen molar-refractivity contribution >= 4 is 23.3 Å². The zero-order valence-electron chi connectivity index (χ0n) is 17.8. The van der Waals surface area contributed by atoms with Gasteiger partial charge < -0.3 is 15.2 Å². The third kappa shape index (κ3) is 3.08. The summed E-state index contributed by atoms with van der Waals surface area (Å²) in [4.78, 5) is 39.5. The molecule has 2 atom stereocenters. The van der Waals surface area contributed by atoms with E-state index in [2.05, 4.69) is 26.0 Å². The van der Waals surface area contributed by atoms with Gasteiger partial charge in [0.1, 0.15) is 17.2 Å². The summed E-state index contributed by atoms with van der Waals surface area (Å²) in [6.45, 7) is 1.70. The van der Waals surface area contributed by atoms with E-state index >= 15 is 0 Å². The molecular weight excluding hydrogens is 427 g/mol. The van der Waals surface area contributed by atoms with Gasteiger partial charge in [-0.1, -0.05) is 0 Å². The molecule has 2 aliphatic carbocycles. The van der Waals surface area contributed by atoms with Crippen molar-refractivity contribution in [1.29, 1.82) is 0 Å². The van der Waals surface area contributed by atoms with Crippen molar-refractivity contribution in [3.63, 3.8) is 0 Å². The molecule has 0 saturated heterocycles. The normalized spacial score (nSPS) is 21.2. The molecule has 2 fully saturated rings. The molecule has 1 aromatic carbocycles. The summed E-state index contributed by atoms with van der Waals surface area (Å²) >= 11 is 0. The fourth-order valence-corrected chi connectivity index (χ4v) is 5.05. The lowest BCUT2D eigenvalue weighted by Crippen LogP contribution is -2.40. The molecule has 0 bridgehead atoms. The van der Waals surface area contributed by atoms with E-state index in [1.165, 1.54) is 24.3 Å². The molecule has 9 nitrogen and oxygen atoms in total. The summed E-state index contributed by atoms with van der Waals surface area (Å²) in [6.07, 6.45) is 4.53. The van der Waals surface area contributed by atoms with Crippen LogP contribution in [0.2, 0.25) is 0 Å². The van der Waals surface area contributed by atoms with Gasteiger partial charge in [0.05, 0.1) is 17.3 Å². The van der Waals surface area contributed by atoms with Crippen molar-refractivity contribution in [2.45, 2.75) is 44.2 Å². The maximum Gasteiger partial charge on any atom is 0.293 e. The minimum atomic E-state index is -0.710. The van der Waals surface area contributed by atoms with Crippen LogP contribution in [0.1, 0.15) is 63.1 Å². The Kier molecular flexibility index (Phi) is 4.11. The monoisotopic (exact) mass is 448 g/mol. The van der Waals surface area contributed by atoms with Gasteiger partial charge in [-0.15, -0.1) is 0 Å². The number of fused-ring (bicyclic) bond motifs is 3. The molecule has 3 N–H and O–H groups in total. The molecule has 1 unspecified atom stereocenters. The van der Waals surface area contributed by atoms with Crippen LogP contribution in [-0.4, -0.2) is 37.6 Å². The number of anilines is 1. The second kappa shape index (κ2) is 6.84. The van der Waals surface area contributed by atoms with Crippen LogP contribution in [0.5, 0.6) is 0 Å². The van der Waals surface area contributed by atoms with Gasteiger partial charge in [0, 0.05) is 17.4 Å². The van der Waals surface area contributed by atoms with Gasteiger partial charge in [0.25, 0.3) is 17.6 Å². The van der Waals surface area contributed by atoms with Gasteiger partial charge in [-0.25, -0.2) is 4.39 Å². The second-order valence-corrected chi connectivity index (χ2v) is 9.11. The molecule has 2 aromatic heterocycles. The number of rotatable bonds is 6. The Morgan fingerprint density at radius 2 is 1.97 bits per heavy atom. The van der Waals surface area contributed by atoms with Crippen LogP contribution in [0, 0.1) is 18.7 Å². The van der Waals surface area contributed by atoms with Gasteiger partial charge in [-0.2, -0.15) is 15.4 Å². The van der Waals surface area contributed by atoms with Crippen molar-refractivity contribution in [3.05, 3.63) is 64.5 Å². The second-order valence-electron chi connectivity index (χ2n) is 9.11. The third-order valence-corrected chi connectivity index (χ3v) is 6.98. The number of carbonyl (C=O) groups excluding carboxylic acids is 3.